The molecular formula is C15H12ClN3O3. The summed E-state index contributed by atoms with van der Waals surface area (Å²) >= 11 is 6.08. The van der Waals surface area contributed by atoms with Gasteiger partial charge in [-0.1, -0.05) is 11.6 Å². The Morgan fingerprint density at radius 3 is 2.77 bits per heavy atom. The molecule has 2 heterocycles. The second-order valence-electron chi connectivity index (χ2n) is 4.70. The van der Waals surface area contributed by atoms with Gasteiger partial charge in [-0.05, 0) is 31.2 Å². The van der Waals surface area contributed by atoms with Crippen LogP contribution in [-0.4, -0.2) is 21.6 Å². The van der Waals surface area contributed by atoms with Gasteiger partial charge in [0.15, 0.2) is 0 Å². The Balaban J connectivity index is 2.56. The summed E-state index contributed by atoms with van der Waals surface area (Å²) in [5.74, 6) is 0.305. The summed E-state index contributed by atoms with van der Waals surface area (Å²) in [5, 5.41) is 0.624. The molecular weight excluding hydrogens is 306 g/mol. The number of rotatable bonds is 2. The van der Waals surface area contributed by atoms with E-state index in [0.717, 1.165) is 0 Å². The highest BCUT2D eigenvalue weighted by molar-refractivity contribution is 6.31. The van der Waals surface area contributed by atoms with Crippen molar-refractivity contribution in [2.24, 2.45) is 0 Å². The smallest absolute Gasteiger partial charge is 0.333 e. The molecule has 0 atom stereocenters. The number of aromatic amines is 1. The highest BCUT2D eigenvalue weighted by atomic mass is 35.5. The molecule has 22 heavy (non-hydrogen) atoms. The molecule has 2 aromatic heterocycles. The Hall–Kier alpha value is -2.60. The Bertz CT molecular complexity index is 991. The van der Waals surface area contributed by atoms with Gasteiger partial charge in [0.2, 0.25) is 0 Å². The molecule has 0 amide bonds. The van der Waals surface area contributed by atoms with Gasteiger partial charge in [-0.3, -0.25) is 19.3 Å². The summed E-state index contributed by atoms with van der Waals surface area (Å²) in [6, 6.07) is 6.55. The molecule has 3 aromatic rings. The van der Waals surface area contributed by atoms with Crippen molar-refractivity contribution in [2.45, 2.75) is 6.92 Å². The number of benzene rings is 1. The first-order valence-corrected chi connectivity index (χ1v) is 6.85. The van der Waals surface area contributed by atoms with E-state index in [-0.39, 0.29) is 5.39 Å². The highest BCUT2D eigenvalue weighted by Crippen LogP contribution is 2.28. The zero-order valence-electron chi connectivity index (χ0n) is 11.9. The van der Waals surface area contributed by atoms with Crippen LogP contribution >= 0.6 is 11.6 Å². The summed E-state index contributed by atoms with van der Waals surface area (Å²) in [6.45, 7) is 1.78. The van der Waals surface area contributed by atoms with Crippen LogP contribution in [0.25, 0.3) is 16.6 Å². The first kappa shape index (κ1) is 14.3. The normalized spacial score (nSPS) is 10.9. The number of nitrogens with one attached hydrogen (secondary N) is 1. The van der Waals surface area contributed by atoms with E-state index in [2.05, 4.69) is 9.97 Å². The summed E-state index contributed by atoms with van der Waals surface area (Å²) in [4.78, 5) is 30.9. The van der Waals surface area contributed by atoms with Crippen LogP contribution in [-0.2, 0) is 0 Å². The van der Waals surface area contributed by atoms with E-state index >= 15 is 0 Å². The summed E-state index contributed by atoms with van der Waals surface area (Å²) < 4.78 is 6.58. The lowest BCUT2D eigenvalue weighted by Crippen LogP contribution is -2.30. The molecule has 0 spiro atoms. The molecule has 0 saturated carbocycles. The number of hydrogen-bond acceptors (Lipinski definition) is 4. The minimum atomic E-state index is -0.557. The maximum absolute atomic E-state index is 12.3. The second kappa shape index (κ2) is 5.31. The van der Waals surface area contributed by atoms with Gasteiger partial charge in [0.05, 0.1) is 24.0 Å². The molecule has 1 N–H and O–H groups in total. The molecule has 0 unspecified atom stereocenters. The number of pyridine rings is 1. The van der Waals surface area contributed by atoms with Crippen molar-refractivity contribution in [1.82, 2.24) is 14.5 Å². The summed E-state index contributed by atoms with van der Waals surface area (Å²) in [5.41, 5.74) is 0.508. The molecule has 0 aliphatic rings. The van der Waals surface area contributed by atoms with Gasteiger partial charge in [-0.25, -0.2) is 4.79 Å². The number of fused-ring (bicyclic) bond motifs is 1. The average molecular weight is 318 g/mol. The standard InChI is InChI=1S/C15H12ClN3O3/c1-8-10(4-3-5-17-8)19-11-6-9(16)7-12(22-2)13(11)14(20)18-15(19)21/h3-7H,1-2H3,(H,18,20,21). The van der Waals surface area contributed by atoms with E-state index in [9.17, 15) is 9.59 Å². The van der Waals surface area contributed by atoms with E-state index in [1.807, 2.05) is 0 Å². The number of aromatic nitrogens is 3. The van der Waals surface area contributed by atoms with Crippen LogP contribution in [0.4, 0.5) is 0 Å². The number of nitrogens with zero attached hydrogens (tertiary/aromatic N) is 2. The van der Waals surface area contributed by atoms with Gasteiger partial charge in [0.1, 0.15) is 11.1 Å². The van der Waals surface area contributed by atoms with Gasteiger partial charge in [-0.2, -0.15) is 0 Å². The lowest BCUT2D eigenvalue weighted by molar-refractivity contribution is 0.419. The molecule has 0 aliphatic heterocycles. The Kier molecular flexibility index (Phi) is 3.46. The third-order valence-corrected chi connectivity index (χ3v) is 3.60. The van der Waals surface area contributed by atoms with E-state index in [1.165, 1.54) is 17.7 Å². The molecule has 1 aromatic carbocycles. The molecule has 0 saturated heterocycles. The Morgan fingerprint density at radius 2 is 2.09 bits per heavy atom. The number of ether oxygens (including phenoxy) is 1. The number of halogens is 1. The monoisotopic (exact) mass is 317 g/mol. The highest BCUT2D eigenvalue weighted by Gasteiger charge is 2.15. The van der Waals surface area contributed by atoms with E-state index in [4.69, 9.17) is 16.3 Å². The van der Waals surface area contributed by atoms with Crippen LogP contribution in [0.15, 0.2) is 40.1 Å². The minimum Gasteiger partial charge on any atom is -0.496 e. The number of hydrogen-bond donors (Lipinski definition) is 1. The van der Waals surface area contributed by atoms with Crippen LogP contribution in [0.1, 0.15) is 5.69 Å². The van der Waals surface area contributed by atoms with Crippen molar-refractivity contribution in [1.29, 1.82) is 0 Å². The van der Waals surface area contributed by atoms with Crippen LogP contribution in [0.3, 0.4) is 0 Å². The number of H-pyrrole nitrogens is 1. The molecule has 0 radical (unpaired) electrons. The number of methoxy groups -OCH3 is 1. The average Bonchev–Trinajstić information content (AvgIpc) is 2.47. The van der Waals surface area contributed by atoms with Gasteiger partial charge >= 0.3 is 5.69 Å². The fourth-order valence-corrected chi connectivity index (χ4v) is 2.61. The topological polar surface area (TPSA) is 77.0 Å². The zero-order valence-corrected chi connectivity index (χ0v) is 12.6. The van der Waals surface area contributed by atoms with Crippen molar-refractivity contribution in [3.8, 4) is 11.4 Å². The van der Waals surface area contributed by atoms with Crippen molar-refractivity contribution in [3.63, 3.8) is 0 Å². The third kappa shape index (κ3) is 2.17. The van der Waals surface area contributed by atoms with Crippen LogP contribution in [0.2, 0.25) is 5.02 Å². The fourth-order valence-electron chi connectivity index (χ4n) is 2.41. The largest absolute Gasteiger partial charge is 0.496 e. The van der Waals surface area contributed by atoms with Crippen molar-refractivity contribution in [3.05, 3.63) is 62.0 Å². The molecule has 3 rings (SSSR count). The predicted octanol–water partition coefficient (Wildman–Crippen LogP) is 2.04. The van der Waals surface area contributed by atoms with Gasteiger partial charge in [0, 0.05) is 11.2 Å². The molecule has 0 fully saturated rings. The van der Waals surface area contributed by atoms with Crippen molar-refractivity contribution in [2.75, 3.05) is 7.11 Å². The summed E-state index contributed by atoms with van der Waals surface area (Å²) in [7, 11) is 1.44. The molecule has 0 aliphatic carbocycles. The van der Waals surface area contributed by atoms with Gasteiger partial charge in [-0.15, -0.1) is 0 Å². The quantitative estimate of drug-likeness (QED) is 0.784. The van der Waals surface area contributed by atoms with Crippen LogP contribution in [0.5, 0.6) is 5.75 Å². The maximum atomic E-state index is 12.3. The van der Waals surface area contributed by atoms with E-state index in [1.54, 1.807) is 31.3 Å². The first-order valence-electron chi connectivity index (χ1n) is 6.47. The van der Waals surface area contributed by atoms with Crippen LogP contribution in [0, 0.1) is 6.92 Å². The molecule has 0 bridgehead atoms. The fraction of sp³-hybridized carbons (Fsp3) is 0.133. The molecule has 7 heteroatoms. The maximum Gasteiger partial charge on any atom is 0.333 e. The van der Waals surface area contributed by atoms with E-state index < -0.39 is 11.2 Å². The third-order valence-electron chi connectivity index (χ3n) is 3.38. The summed E-state index contributed by atoms with van der Waals surface area (Å²) in [6.07, 6.45) is 1.63. The first-order chi connectivity index (χ1) is 10.5. The Labute approximate surface area is 130 Å². The predicted molar refractivity (Wildman–Crippen MR) is 84.3 cm³/mol. The van der Waals surface area contributed by atoms with Gasteiger partial charge in [0.25, 0.3) is 5.56 Å². The minimum absolute atomic E-state index is 0.259. The zero-order chi connectivity index (χ0) is 15.9. The molecule has 6 nitrogen and oxygen atoms in total. The Morgan fingerprint density at radius 1 is 1.32 bits per heavy atom. The van der Waals surface area contributed by atoms with E-state index in [0.29, 0.717) is 27.7 Å². The number of aryl methyl sites for hydroxylation is 1. The lowest BCUT2D eigenvalue weighted by atomic mass is 10.2. The lowest BCUT2D eigenvalue weighted by Gasteiger charge is -2.13. The van der Waals surface area contributed by atoms with Crippen LogP contribution < -0.4 is 16.0 Å². The SMILES string of the molecule is COc1cc(Cl)cc2c1c(=O)[nH]c(=O)n2-c1cccnc1C. The van der Waals surface area contributed by atoms with Crippen molar-refractivity contribution < 1.29 is 4.74 Å². The van der Waals surface area contributed by atoms with Gasteiger partial charge < -0.3 is 4.74 Å². The van der Waals surface area contributed by atoms with Crippen molar-refractivity contribution >= 4 is 22.5 Å². The molecule has 112 valence electrons. The second-order valence-corrected chi connectivity index (χ2v) is 5.14.